The van der Waals surface area contributed by atoms with Gasteiger partial charge in [-0.2, -0.15) is 0 Å². The Morgan fingerprint density at radius 1 is 0.571 bits per heavy atom. The molecule has 0 aromatic heterocycles. The maximum absolute atomic E-state index is 14.3. The molecule has 6 aliphatic rings. The number of hydrogen-bond donors (Lipinski definition) is 5. The van der Waals surface area contributed by atoms with E-state index in [1.54, 1.807) is 0 Å². The number of aliphatic hydroxyl groups excluding tert-OH is 1. The molecule has 490 valence electrons. The molecule has 5 saturated heterocycles. The highest BCUT2D eigenvalue weighted by Gasteiger charge is 2.59. The first-order valence-electron chi connectivity index (χ1n) is 35.3. The first-order valence-corrected chi connectivity index (χ1v) is 36.7. The van der Waals surface area contributed by atoms with Gasteiger partial charge >= 0.3 is 19.8 Å². The molecular weight excluding hydrogens is 1080 g/mol. The molecule has 21 unspecified atom stereocenters. The summed E-state index contributed by atoms with van der Waals surface area (Å²) in [6.45, 7) is 20.0. The van der Waals surface area contributed by atoms with Gasteiger partial charge in [-0.15, -0.1) is 0 Å². The van der Waals surface area contributed by atoms with Crippen LogP contribution >= 0.6 is 7.82 Å². The number of phosphoric acid groups is 1. The van der Waals surface area contributed by atoms with Crippen LogP contribution in [0.4, 0.5) is 0 Å². The van der Waals surface area contributed by atoms with Crippen molar-refractivity contribution in [2.45, 2.75) is 308 Å². The van der Waals surface area contributed by atoms with Crippen molar-refractivity contribution in [1.29, 1.82) is 0 Å². The molecular formula is C68H129N5O10P+. The largest absolute Gasteiger partial charge is 0.474 e. The summed E-state index contributed by atoms with van der Waals surface area (Å²) in [6.07, 6.45) is 30.9. The maximum atomic E-state index is 14.3. The number of rotatable bonds is 40. The van der Waals surface area contributed by atoms with Gasteiger partial charge in [0.25, 0.3) is 0 Å². The standard InChI is InChI=1S/C68H129N5O10P/c1-13-16-18-20-22-24-25-26-27-28-29-31-33-35-63(75)80-45-52(46-82-84(77,78-12)81-40-38-73(9,10)11)83-64(76)37-36-54-48(5)57-42-58-49(6)65(51(8)79-39-34-32-30-23-21-19-17-14-2)61(70-58)44-56-47(4)53(15-3)60(69-56)43-59-50(7)66-62(74)41-55(67(54)71-57)68(66)72-59/h47-62,65-72,74H,13-46H2,1-12H3/q+1. The lowest BCUT2D eigenvalue weighted by Gasteiger charge is -2.32. The Hall–Kier alpha value is -1.23. The van der Waals surface area contributed by atoms with E-state index in [1.165, 1.54) is 116 Å². The maximum Gasteiger partial charge on any atom is 0.474 e. The van der Waals surface area contributed by atoms with E-state index in [9.17, 15) is 19.3 Å². The van der Waals surface area contributed by atoms with Gasteiger partial charge in [0.15, 0.2) is 6.10 Å². The molecule has 5 N–H and O–H groups in total. The van der Waals surface area contributed by atoms with E-state index < -0.39 is 26.0 Å². The highest BCUT2D eigenvalue weighted by Crippen LogP contribution is 2.52. The van der Waals surface area contributed by atoms with Crippen molar-refractivity contribution in [3.8, 4) is 0 Å². The van der Waals surface area contributed by atoms with Crippen molar-refractivity contribution in [2.75, 3.05) is 61.2 Å². The summed E-state index contributed by atoms with van der Waals surface area (Å²) in [6, 6.07) is 2.24. The monoisotopic (exact) mass is 1210 g/mol. The van der Waals surface area contributed by atoms with E-state index in [-0.39, 0.29) is 86.5 Å². The Kier molecular flexibility index (Phi) is 31.3. The summed E-state index contributed by atoms with van der Waals surface area (Å²) in [4.78, 5) is 27.5. The zero-order valence-electron chi connectivity index (χ0n) is 55.6. The van der Waals surface area contributed by atoms with Gasteiger partial charge in [0.2, 0.25) is 0 Å². The number of likely N-dealkylation sites (N-methyl/N-ethyl adjacent to an activating group) is 1. The number of fused-ring (bicyclic) bond motifs is 8. The summed E-state index contributed by atoms with van der Waals surface area (Å²) in [7, 11) is 3.31. The van der Waals surface area contributed by atoms with Crippen LogP contribution in [-0.4, -0.2) is 149 Å². The van der Waals surface area contributed by atoms with Gasteiger partial charge in [0.05, 0.1) is 40.0 Å². The van der Waals surface area contributed by atoms with Crippen LogP contribution in [0.3, 0.4) is 0 Å². The van der Waals surface area contributed by atoms with Crippen molar-refractivity contribution in [2.24, 2.45) is 53.3 Å². The summed E-state index contributed by atoms with van der Waals surface area (Å²) in [5.41, 5.74) is 0. The van der Waals surface area contributed by atoms with Crippen LogP contribution in [0.25, 0.3) is 0 Å². The highest BCUT2D eigenvalue weighted by atomic mass is 31.2. The molecule has 6 rings (SSSR count). The third-order valence-electron chi connectivity index (χ3n) is 22.0. The molecule has 6 fully saturated rings. The number of carbonyl (C=O) groups is 2. The fourth-order valence-electron chi connectivity index (χ4n) is 16.9. The van der Waals surface area contributed by atoms with E-state index in [0.29, 0.717) is 77.2 Å². The Labute approximate surface area is 513 Å². The van der Waals surface area contributed by atoms with Gasteiger partial charge in [-0.25, -0.2) is 4.57 Å². The molecule has 16 heteroatoms. The van der Waals surface area contributed by atoms with Crippen molar-refractivity contribution in [1.82, 2.24) is 21.3 Å². The van der Waals surface area contributed by atoms with Gasteiger partial charge in [-0.05, 0) is 93.3 Å². The zero-order valence-corrected chi connectivity index (χ0v) is 56.5. The smallest absolute Gasteiger partial charge is 0.462 e. The average molecular weight is 1210 g/mol. The number of phosphoric ester groups is 1. The Morgan fingerprint density at radius 3 is 1.70 bits per heavy atom. The number of nitrogens with one attached hydrogen (secondary N) is 4. The number of unbranched alkanes of at least 4 members (excludes halogenated alkanes) is 19. The molecule has 0 radical (unpaired) electrons. The molecule has 84 heavy (non-hydrogen) atoms. The molecule has 0 spiro atoms. The summed E-state index contributed by atoms with van der Waals surface area (Å²) >= 11 is 0. The predicted molar refractivity (Wildman–Crippen MR) is 340 cm³/mol. The molecule has 21 atom stereocenters. The lowest BCUT2D eigenvalue weighted by atomic mass is 9.76. The van der Waals surface area contributed by atoms with Crippen molar-refractivity contribution < 1.29 is 51.5 Å². The number of aliphatic hydroxyl groups is 1. The van der Waals surface area contributed by atoms with Crippen LogP contribution in [0.2, 0.25) is 0 Å². The fraction of sp³-hybridized carbons (Fsp3) is 0.971. The van der Waals surface area contributed by atoms with Crippen molar-refractivity contribution in [3.05, 3.63) is 0 Å². The molecule has 1 aliphatic carbocycles. The molecule has 0 aromatic rings. The van der Waals surface area contributed by atoms with Gasteiger partial charge in [0.1, 0.15) is 19.8 Å². The molecule has 0 aromatic carbocycles. The second-order valence-electron chi connectivity index (χ2n) is 29.0. The second kappa shape index (κ2) is 36.6. The molecule has 5 aliphatic heterocycles. The number of carbonyl (C=O) groups excluding carboxylic acids is 2. The first kappa shape index (κ1) is 71.8. The molecule has 8 bridgehead atoms. The van der Waals surface area contributed by atoms with Gasteiger partial charge in [0, 0.05) is 86.7 Å². The fourth-order valence-corrected chi connectivity index (χ4v) is 17.8. The van der Waals surface area contributed by atoms with E-state index in [4.69, 9.17) is 27.8 Å². The normalized spacial score (nSPS) is 34.4. The average Bonchev–Trinajstić information content (AvgIpc) is 1.87. The lowest BCUT2D eigenvalue weighted by molar-refractivity contribution is -0.870. The summed E-state index contributed by atoms with van der Waals surface area (Å²) < 4.78 is 49.9. The van der Waals surface area contributed by atoms with Crippen LogP contribution in [-0.2, 0) is 41.9 Å². The van der Waals surface area contributed by atoms with Crippen LogP contribution in [0.15, 0.2) is 0 Å². The molecule has 5 heterocycles. The van der Waals surface area contributed by atoms with Crippen molar-refractivity contribution in [3.63, 3.8) is 0 Å². The minimum Gasteiger partial charge on any atom is -0.462 e. The van der Waals surface area contributed by atoms with Crippen LogP contribution in [0.5, 0.6) is 0 Å². The number of quaternary nitrogens is 1. The van der Waals surface area contributed by atoms with Crippen LogP contribution < -0.4 is 21.3 Å². The minimum atomic E-state index is -4.02. The van der Waals surface area contributed by atoms with Crippen LogP contribution in [0, 0.1) is 53.3 Å². The second-order valence-corrected chi connectivity index (χ2v) is 30.8. The Balaban J connectivity index is 1.12. The molecule has 15 nitrogen and oxygen atoms in total. The number of nitrogens with zero attached hydrogens (tertiary/aromatic N) is 1. The first-order chi connectivity index (χ1) is 40.3. The van der Waals surface area contributed by atoms with Crippen LogP contribution in [0.1, 0.15) is 242 Å². The van der Waals surface area contributed by atoms with Gasteiger partial charge in [-0.3, -0.25) is 23.2 Å². The highest BCUT2D eigenvalue weighted by molar-refractivity contribution is 7.48. The number of hydrogen-bond acceptors (Lipinski definition) is 14. The Morgan fingerprint density at radius 2 is 1.10 bits per heavy atom. The predicted octanol–water partition coefficient (Wildman–Crippen LogP) is 13.1. The van der Waals surface area contributed by atoms with E-state index in [0.717, 1.165) is 64.4 Å². The van der Waals surface area contributed by atoms with Crippen molar-refractivity contribution >= 4 is 19.8 Å². The summed E-state index contributed by atoms with van der Waals surface area (Å²) in [5, 5.41) is 29.2. The number of ether oxygens (including phenoxy) is 3. The van der Waals surface area contributed by atoms with Gasteiger partial charge < -0.3 is 45.1 Å². The number of esters is 2. The zero-order chi connectivity index (χ0) is 60.8. The quantitative estimate of drug-likeness (QED) is 0.0170. The topological polar surface area (TPSA) is 175 Å². The molecule has 1 saturated carbocycles. The minimum absolute atomic E-state index is 0.0880. The summed E-state index contributed by atoms with van der Waals surface area (Å²) in [5.74, 6) is 2.28. The van der Waals surface area contributed by atoms with E-state index in [2.05, 4.69) is 76.7 Å². The SMILES string of the molecule is CCCCCCCCCCCCCCCC(=O)OCC(COP(=O)(OC)OCC[N+](C)(C)C)OC(=O)CCC1C(C)C2CC3NC(CC4NC(CC5NC6C(CC(O)C6C5C)C1N2)C(CC)C4C)C(C(C)OCCCCCCCCCC)C3C. The molecule has 0 amide bonds. The third-order valence-corrected chi connectivity index (χ3v) is 23.4. The third kappa shape index (κ3) is 21.7. The van der Waals surface area contributed by atoms with E-state index >= 15 is 0 Å². The Bertz CT molecular complexity index is 1910. The van der Waals surface area contributed by atoms with Gasteiger partial charge in [-0.1, -0.05) is 177 Å². The lowest BCUT2D eigenvalue weighted by Crippen LogP contribution is -2.49. The van der Waals surface area contributed by atoms with E-state index in [1.807, 2.05) is 21.1 Å².